The minimum atomic E-state index is 0.264. The molecule has 2 rings (SSSR count). The second kappa shape index (κ2) is 5.55. The average Bonchev–Trinajstić information content (AvgIpc) is 2.70. The van der Waals surface area contributed by atoms with Crippen LogP contribution in [0.3, 0.4) is 0 Å². The molecular formula is C12H14ClN3S2. The van der Waals surface area contributed by atoms with Crippen LogP contribution in [0.1, 0.15) is 36.8 Å². The van der Waals surface area contributed by atoms with Gasteiger partial charge in [0, 0.05) is 22.6 Å². The smallest absolute Gasteiger partial charge is 0.156 e. The predicted octanol–water partition coefficient (Wildman–Crippen LogP) is 4.48. The lowest BCUT2D eigenvalue weighted by Crippen LogP contribution is -2.01. The zero-order valence-corrected chi connectivity index (χ0v) is 13.1. The molecule has 0 aliphatic rings. The molecule has 3 nitrogen and oxygen atoms in total. The fraction of sp³-hybridized carbons (Fsp3) is 0.417. The Morgan fingerprint density at radius 3 is 2.50 bits per heavy atom. The van der Waals surface area contributed by atoms with Gasteiger partial charge in [-0.2, -0.15) is 0 Å². The van der Waals surface area contributed by atoms with E-state index in [0.717, 1.165) is 26.4 Å². The lowest BCUT2D eigenvalue weighted by molar-refractivity contribution is 0.747. The summed E-state index contributed by atoms with van der Waals surface area (Å²) in [6.45, 7) is 8.04. The Hall–Kier alpha value is -0.650. The summed E-state index contributed by atoms with van der Waals surface area (Å²) in [7, 11) is 0. The second-order valence-electron chi connectivity index (χ2n) is 4.31. The van der Waals surface area contributed by atoms with Crippen LogP contribution >= 0.6 is 34.7 Å². The maximum absolute atomic E-state index is 6.15. The summed E-state index contributed by atoms with van der Waals surface area (Å²) in [4.78, 5) is 13.3. The number of nitrogens with zero attached hydrogens (tertiary/aromatic N) is 3. The summed E-state index contributed by atoms with van der Waals surface area (Å²) >= 11 is 9.33. The lowest BCUT2D eigenvalue weighted by atomic mass is 10.2. The molecule has 6 heteroatoms. The van der Waals surface area contributed by atoms with Crippen molar-refractivity contribution in [3.63, 3.8) is 0 Å². The molecule has 2 aromatic rings. The molecule has 0 aliphatic heterocycles. The number of rotatable bonds is 3. The van der Waals surface area contributed by atoms with Gasteiger partial charge in [-0.15, -0.1) is 11.3 Å². The zero-order valence-electron chi connectivity index (χ0n) is 10.7. The van der Waals surface area contributed by atoms with Gasteiger partial charge in [0.15, 0.2) is 4.34 Å². The molecule has 0 aliphatic carbocycles. The highest BCUT2D eigenvalue weighted by Gasteiger charge is 2.14. The number of thiazole rings is 1. The Morgan fingerprint density at radius 1 is 1.22 bits per heavy atom. The minimum absolute atomic E-state index is 0.264. The number of aryl methyl sites for hydroxylation is 1. The molecule has 0 fully saturated rings. The van der Waals surface area contributed by atoms with Gasteiger partial charge in [0.2, 0.25) is 0 Å². The summed E-state index contributed by atoms with van der Waals surface area (Å²) in [6.07, 6.45) is 0. The van der Waals surface area contributed by atoms with E-state index in [1.807, 2.05) is 19.2 Å². The van der Waals surface area contributed by atoms with Crippen molar-refractivity contribution < 1.29 is 0 Å². The summed E-state index contributed by atoms with van der Waals surface area (Å²) in [5.74, 6) is 1.04. The molecule has 0 saturated heterocycles. The first-order valence-electron chi connectivity index (χ1n) is 5.61. The van der Waals surface area contributed by atoms with Crippen molar-refractivity contribution >= 4 is 34.7 Å². The molecule has 0 unspecified atom stereocenters. The second-order valence-corrected chi connectivity index (χ2v) is 6.77. The summed E-state index contributed by atoms with van der Waals surface area (Å²) in [5.41, 5.74) is 1.95. The zero-order chi connectivity index (χ0) is 13.3. The van der Waals surface area contributed by atoms with Gasteiger partial charge in [0.05, 0.1) is 0 Å². The van der Waals surface area contributed by atoms with Crippen molar-refractivity contribution in [3.8, 4) is 0 Å². The third-order valence-electron chi connectivity index (χ3n) is 2.36. The first-order valence-corrected chi connectivity index (χ1v) is 7.68. The maximum atomic E-state index is 6.15. The lowest BCUT2D eigenvalue weighted by Gasteiger charge is -2.09. The summed E-state index contributed by atoms with van der Waals surface area (Å²) in [6, 6.07) is 0. The fourth-order valence-electron chi connectivity index (χ4n) is 1.31. The van der Waals surface area contributed by atoms with Crippen molar-refractivity contribution in [3.05, 3.63) is 27.6 Å². The predicted molar refractivity (Wildman–Crippen MR) is 76.8 cm³/mol. The van der Waals surface area contributed by atoms with Crippen LogP contribution in [0, 0.1) is 13.8 Å². The Kier molecular flexibility index (Phi) is 4.25. The van der Waals surface area contributed by atoms with Crippen molar-refractivity contribution in [2.75, 3.05) is 0 Å². The van der Waals surface area contributed by atoms with Crippen molar-refractivity contribution in [1.29, 1.82) is 0 Å². The first kappa shape index (κ1) is 13.8. The van der Waals surface area contributed by atoms with Gasteiger partial charge in [-0.3, -0.25) is 0 Å². The molecule has 0 radical (unpaired) electrons. The van der Waals surface area contributed by atoms with E-state index in [2.05, 4.69) is 28.8 Å². The molecule has 0 bridgehead atoms. The fourth-order valence-corrected chi connectivity index (χ4v) is 3.38. The maximum Gasteiger partial charge on any atom is 0.156 e. The van der Waals surface area contributed by atoms with Gasteiger partial charge in [-0.05, 0) is 25.6 Å². The van der Waals surface area contributed by atoms with Gasteiger partial charge in [-0.25, -0.2) is 15.0 Å². The van der Waals surface area contributed by atoms with Gasteiger partial charge in [0.1, 0.15) is 16.0 Å². The van der Waals surface area contributed by atoms with Crippen LogP contribution in [0.25, 0.3) is 0 Å². The first-order chi connectivity index (χ1) is 8.47. The topological polar surface area (TPSA) is 38.7 Å². The molecular weight excluding hydrogens is 286 g/mol. The van der Waals surface area contributed by atoms with E-state index in [1.54, 1.807) is 23.1 Å². The van der Waals surface area contributed by atoms with Crippen LogP contribution in [0.4, 0.5) is 0 Å². The monoisotopic (exact) mass is 299 g/mol. The highest BCUT2D eigenvalue weighted by molar-refractivity contribution is 8.01. The normalized spacial score (nSPS) is 11.2. The van der Waals surface area contributed by atoms with Crippen LogP contribution in [0.2, 0.25) is 5.15 Å². The van der Waals surface area contributed by atoms with E-state index in [0.29, 0.717) is 5.15 Å². The average molecular weight is 300 g/mol. The quantitative estimate of drug-likeness (QED) is 0.783. The number of aromatic nitrogens is 3. The third-order valence-corrected chi connectivity index (χ3v) is 4.87. The van der Waals surface area contributed by atoms with Crippen LogP contribution in [0.15, 0.2) is 14.7 Å². The van der Waals surface area contributed by atoms with Crippen molar-refractivity contribution in [2.24, 2.45) is 0 Å². The molecule has 0 amide bonds. The van der Waals surface area contributed by atoms with E-state index >= 15 is 0 Å². The molecule has 2 aromatic heterocycles. The Labute approximate surface area is 120 Å². The highest BCUT2D eigenvalue weighted by atomic mass is 35.5. The Morgan fingerprint density at radius 2 is 1.94 bits per heavy atom. The van der Waals surface area contributed by atoms with Crippen LogP contribution in [-0.2, 0) is 0 Å². The molecule has 0 atom stereocenters. The van der Waals surface area contributed by atoms with E-state index < -0.39 is 0 Å². The summed E-state index contributed by atoms with van der Waals surface area (Å²) < 4.78 is 0.986. The molecule has 0 spiro atoms. The molecule has 0 N–H and O–H groups in total. The van der Waals surface area contributed by atoms with Gasteiger partial charge in [0.25, 0.3) is 0 Å². The minimum Gasteiger partial charge on any atom is -0.235 e. The van der Waals surface area contributed by atoms with E-state index in [9.17, 15) is 0 Å². The Bertz CT molecular complexity index is 566. The Balaban J connectivity index is 2.37. The standard InChI is InChI=1S/C12H14ClN3S2/c1-6(2)10-15-9(13)8(4)11(16-10)18-12-14-7(3)5-17-12/h5-6H,1-4H3. The van der Waals surface area contributed by atoms with Crippen molar-refractivity contribution in [2.45, 2.75) is 43.0 Å². The van der Waals surface area contributed by atoms with E-state index in [-0.39, 0.29) is 5.92 Å². The van der Waals surface area contributed by atoms with Gasteiger partial charge < -0.3 is 0 Å². The number of hydrogen-bond acceptors (Lipinski definition) is 5. The van der Waals surface area contributed by atoms with Crippen LogP contribution in [0.5, 0.6) is 0 Å². The van der Waals surface area contributed by atoms with E-state index in [4.69, 9.17) is 11.6 Å². The van der Waals surface area contributed by atoms with Gasteiger partial charge in [-0.1, -0.05) is 25.4 Å². The largest absolute Gasteiger partial charge is 0.235 e. The van der Waals surface area contributed by atoms with E-state index in [1.165, 1.54) is 0 Å². The summed E-state index contributed by atoms with van der Waals surface area (Å²) in [5, 5.41) is 3.46. The van der Waals surface area contributed by atoms with Crippen LogP contribution < -0.4 is 0 Å². The van der Waals surface area contributed by atoms with Gasteiger partial charge >= 0.3 is 0 Å². The van der Waals surface area contributed by atoms with Crippen molar-refractivity contribution in [1.82, 2.24) is 15.0 Å². The molecule has 18 heavy (non-hydrogen) atoms. The molecule has 2 heterocycles. The third kappa shape index (κ3) is 3.02. The van der Waals surface area contributed by atoms with Crippen LogP contribution in [-0.4, -0.2) is 15.0 Å². The molecule has 0 saturated carbocycles. The number of hydrogen-bond donors (Lipinski definition) is 0. The number of halogens is 1. The SMILES string of the molecule is Cc1csc(Sc2nc(C(C)C)nc(Cl)c2C)n1. The molecule has 0 aromatic carbocycles. The molecule has 96 valence electrons. The highest BCUT2D eigenvalue weighted by Crippen LogP contribution is 2.33.